The van der Waals surface area contributed by atoms with Crippen LogP contribution in [0.1, 0.15) is 57.7 Å². The summed E-state index contributed by atoms with van der Waals surface area (Å²) in [7, 11) is 0. The Balaban J connectivity index is 1.50. The summed E-state index contributed by atoms with van der Waals surface area (Å²) < 4.78 is 15.8. The minimum absolute atomic E-state index is 0.153. The van der Waals surface area contributed by atoms with Crippen LogP contribution in [-0.2, 0) is 30.2 Å². The second-order valence-electron chi connectivity index (χ2n) is 11.4. The van der Waals surface area contributed by atoms with Crippen LogP contribution in [0.15, 0.2) is 66.7 Å². The van der Waals surface area contributed by atoms with Crippen molar-refractivity contribution in [2.24, 2.45) is 11.7 Å². The summed E-state index contributed by atoms with van der Waals surface area (Å²) >= 11 is 0. The van der Waals surface area contributed by atoms with Gasteiger partial charge in [-0.2, -0.15) is 0 Å². The fourth-order valence-electron chi connectivity index (χ4n) is 5.72. The number of nitrogens with two attached hydrogens (primary N) is 1. The molecule has 3 atom stereocenters. The smallest absolute Gasteiger partial charge is 0.413 e. The molecule has 230 valence electrons. The zero-order valence-corrected chi connectivity index (χ0v) is 25.5. The van der Waals surface area contributed by atoms with Crippen LogP contribution in [0, 0.1) is 5.92 Å². The molecular formula is C34H43N3O6. The van der Waals surface area contributed by atoms with Gasteiger partial charge < -0.3 is 24.8 Å². The van der Waals surface area contributed by atoms with Gasteiger partial charge in [0, 0.05) is 18.8 Å². The fourth-order valence-corrected chi connectivity index (χ4v) is 5.72. The number of benzene rings is 3. The average Bonchev–Trinajstić information content (AvgIpc) is 3.46. The molecule has 1 aliphatic heterocycles. The molecule has 9 nitrogen and oxygen atoms in total. The van der Waals surface area contributed by atoms with E-state index < -0.39 is 24.9 Å². The van der Waals surface area contributed by atoms with Crippen molar-refractivity contribution >= 4 is 34.5 Å². The van der Waals surface area contributed by atoms with Gasteiger partial charge in [-0.3, -0.25) is 14.5 Å². The summed E-state index contributed by atoms with van der Waals surface area (Å²) in [5.74, 6) is -0.601. The number of amides is 1. The van der Waals surface area contributed by atoms with E-state index in [1.54, 1.807) is 11.8 Å². The van der Waals surface area contributed by atoms with Crippen LogP contribution >= 0.6 is 0 Å². The Labute approximate surface area is 253 Å². The van der Waals surface area contributed by atoms with Gasteiger partial charge in [0.2, 0.25) is 6.79 Å². The largest absolute Gasteiger partial charge is 0.466 e. The summed E-state index contributed by atoms with van der Waals surface area (Å²) in [6.45, 7) is 8.94. The predicted octanol–water partition coefficient (Wildman–Crippen LogP) is 5.60. The lowest BCUT2D eigenvalue weighted by Gasteiger charge is -2.34. The van der Waals surface area contributed by atoms with Crippen LogP contribution in [0.2, 0.25) is 0 Å². The molecule has 0 aliphatic carbocycles. The van der Waals surface area contributed by atoms with Crippen LogP contribution in [0.25, 0.3) is 10.8 Å². The number of hydrogen-bond acceptors (Lipinski definition) is 8. The Kier molecular flexibility index (Phi) is 11.0. The van der Waals surface area contributed by atoms with Crippen molar-refractivity contribution in [2.45, 2.75) is 65.1 Å². The minimum atomic E-state index is -0.767. The average molecular weight is 590 g/mol. The van der Waals surface area contributed by atoms with E-state index in [2.05, 4.69) is 23.1 Å². The predicted molar refractivity (Wildman–Crippen MR) is 166 cm³/mol. The number of carbonyl (C=O) groups excluding carboxylic acids is 3. The zero-order chi connectivity index (χ0) is 30.9. The van der Waals surface area contributed by atoms with Gasteiger partial charge in [0.15, 0.2) is 0 Å². The van der Waals surface area contributed by atoms with E-state index in [0.717, 1.165) is 40.6 Å². The van der Waals surface area contributed by atoms with Gasteiger partial charge in [-0.15, -0.1) is 0 Å². The Hall–Kier alpha value is -4.11. The maximum absolute atomic E-state index is 13.7. The van der Waals surface area contributed by atoms with Gasteiger partial charge >= 0.3 is 18.0 Å². The van der Waals surface area contributed by atoms with E-state index in [9.17, 15) is 14.4 Å². The van der Waals surface area contributed by atoms with Crippen molar-refractivity contribution < 1.29 is 28.6 Å². The van der Waals surface area contributed by atoms with Gasteiger partial charge in [-0.05, 0) is 66.6 Å². The first kappa shape index (κ1) is 31.8. The molecule has 1 aliphatic rings. The van der Waals surface area contributed by atoms with Gasteiger partial charge in [-0.1, -0.05) is 68.4 Å². The zero-order valence-electron chi connectivity index (χ0n) is 25.5. The normalized spacial score (nSPS) is 16.1. The first-order chi connectivity index (χ1) is 20.7. The molecular weight excluding hydrogens is 546 g/mol. The molecule has 0 spiro atoms. The van der Waals surface area contributed by atoms with Crippen LogP contribution < -0.4 is 10.6 Å². The van der Waals surface area contributed by atoms with Gasteiger partial charge in [-0.25, -0.2) is 4.79 Å². The molecule has 0 unspecified atom stereocenters. The fraction of sp³-hybridized carbons (Fsp3) is 0.441. The molecule has 0 bridgehead atoms. The highest BCUT2D eigenvalue weighted by atomic mass is 16.7. The van der Waals surface area contributed by atoms with E-state index in [0.29, 0.717) is 19.6 Å². The van der Waals surface area contributed by atoms with Crippen LogP contribution in [0.4, 0.5) is 10.5 Å². The van der Waals surface area contributed by atoms with Crippen LogP contribution in [0.5, 0.6) is 0 Å². The number of anilines is 1. The molecule has 3 aromatic carbocycles. The van der Waals surface area contributed by atoms with Crippen molar-refractivity contribution in [3.63, 3.8) is 0 Å². The summed E-state index contributed by atoms with van der Waals surface area (Å²) in [5, 5.41) is 2.15. The SMILES string of the molecule is CCOC(=O)Cc1ccc(N2CC[C@H](N(C(=O)OCOC(=O)[C@@H](N)CC(C)C)[C@H](C)c3cccc4ccccc34)C2)cc1. The number of ether oxygens (including phenoxy) is 3. The van der Waals surface area contributed by atoms with Crippen LogP contribution in [-0.4, -0.2) is 61.5 Å². The van der Waals surface area contributed by atoms with E-state index in [4.69, 9.17) is 19.9 Å². The summed E-state index contributed by atoms with van der Waals surface area (Å²) in [5.41, 5.74) is 8.84. The highest BCUT2D eigenvalue weighted by Crippen LogP contribution is 2.33. The Morgan fingerprint density at radius 3 is 2.40 bits per heavy atom. The molecule has 0 radical (unpaired) electrons. The number of nitrogens with zero attached hydrogens (tertiary/aromatic N) is 2. The lowest BCUT2D eigenvalue weighted by molar-refractivity contribution is -0.154. The molecule has 0 saturated carbocycles. The Morgan fingerprint density at radius 1 is 0.953 bits per heavy atom. The summed E-state index contributed by atoms with van der Waals surface area (Å²) in [6, 6.07) is 20.8. The van der Waals surface area contributed by atoms with E-state index in [1.807, 2.05) is 69.3 Å². The first-order valence-corrected chi connectivity index (χ1v) is 15.0. The molecule has 1 fully saturated rings. The quantitative estimate of drug-likeness (QED) is 0.215. The maximum atomic E-state index is 13.7. The van der Waals surface area contributed by atoms with Crippen molar-refractivity contribution in [2.75, 3.05) is 31.4 Å². The lowest BCUT2D eigenvalue weighted by Crippen LogP contribution is -2.44. The first-order valence-electron chi connectivity index (χ1n) is 15.0. The number of esters is 2. The Morgan fingerprint density at radius 2 is 1.67 bits per heavy atom. The topological polar surface area (TPSA) is 111 Å². The highest BCUT2D eigenvalue weighted by Gasteiger charge is 2.36. The number of carbonyl (C=O) groups is 3. The van der Waals surface area contributed by atoms with E-state index in [-0.39, 0.29) is 30.4 Å². The van der Waals surface area contributed by atoms with Crippen molar-refractivity contribution in [1.82, 2.24) is 4.90 Å². The van der Waals surface area contributed by atoms with Gasteiger partial charge in [0.05, 0.1) is 25.1 Å². The monoisotopic (exact) mass is 589 g/mol. The minimum Gasteiger partial charge on any atom is -0.466 e. The maximum Gasteiger partial charge on any atom is 0.413 e. The summed E-state index contributed by atoms with van der Waals surface area (Å²) in [4.78, 5) is 41.8. The van der Waals surface area contributed by atoms with E-state index in [1.165, 1.54) is 0 Å². The molecule has 1 saturated heterocycles. The van der Waals surface area contributed by atoms with Crippen molar-refractivity contribution in [3.8, 4) is 0 Å². The lowest BCUT2D eigenvalue weighted by atomic mass is 9.97. The number of fused-ring (bicyclic) bond motifs is 1. The Bertz CT molecular complexity index is 1390. The molecule has 2 N–H and O–H groups in total. The van der Waals surface area contributed by atoms with Gasteiger partial charge in [0.1, 0.15) is 6.04 Å². The molecule has 9 heteroatoms. The van der Waals surface area contributed by atoms with Crippen LogP contribution in [0.3, 0.4) is 0 Å². The third kappa shape index (κ3) is 8.26. The second kappa shape index (κ2) is 14.9. The van der Waals surface area contributed by atoms with Crippen molar-refractivity contribution in [3.05, 3.63) is 77.9 Å². The summed E-state index contributed by atoms with van der Waals surface area (Å²) in [6.07, 6.45) is 0.889. The van der Waals surface area contributed by atoms with Crippen molar-refractivity contribution in [1.29, 1.82) is 0 Å². The molecule has 1 heterocycles. The molecule has 0 aromatic heterocycles. The molecule has 43 heavy (non-hydrogen) atoms. The molecule has 4 rings (SSSR count). The van der Waals surface area contributed by atoms with Gasteiger partial charge in [0.25, 0.3) is 0 Å². The molecule has 3 aromatic rings. The third-order valence-corrected chi connectivity index (χ3v) is 7.83. The number of rotatable bonds is 12. The number of hydrogen-bond donors (Lipinski definition) is 1. The highest BCUT2D eigenvalue weighted by molar-refractivity contribution is 5.86. The standard InChI is InChI=1S/C34H43N3O6/c1-5-41-32(38)20-25-13-15-27(16-14-25)36-18-17-28(21-36)37(34(40)43-22-42-33(39)31(35)19-23(2)3)24(4)29-12-8-10-26-9-6-7-11-30(26)29/h6-16,23-24,28,31H,5,17-22,35H2,1-4H3/t24-,28+,31+/m1/s1. The third-order valence-electron chi connectivity index (χ3n) is 7.83. The second-order valence-corrected chi connectivity index (χ2v) is 11.4. The molecule has 1 amide bonds. The van der Waals surface area contributed by atoms with E-state index >= 15 is 0 Å².